The molecule has 0 saturated heterocycles. The molecule has 36 heavy (non-hydrogen) atoms. The number of thiazole rings is 1. The van der Waals surface area contributed by atoms with Crippen LogP contribution in [0.15, 0.2) is 60.7 Å². The highest BCUT2D eigenvalue weighted by atomic mass is 32.1. The lowest BCUT2D eigenvalue weighted by Crippen LogP contribution is -2.49. The van der Waals surface area contributed by atoms with Gasteiger partial charge in [-0.1, -0.05) is 57.7 Å². The number of carboxylic acids is 1. The zero-order valence-corrected chi connectivity index (χ0v) is 20.0. The van der Waals surface area contributed by atoms with E-state index in [9.17, 15) is 23.5 Å². The van der Waals surface area contributed by atoms with E-state index in [-0.39, 0.29) is 18.8 Å². The molecule has 0 unspecified atom stereocenters. The summed E-state index contributed by atoms with van der Waals surface area (Å²) >= 11 is 1.33. The quantitative estimate of drug-likeness (QED) is 0.263. The van der Waals surface area contributed by atoms with Crippen LogP contribution in [0.4, 0.5) is 19.6 Å². The van der Waals surface area contributed by atoms with Crippen LogP contribution in [0.3, 0.4) is 0 Å². The first-order valence-corrected chi connectivity index (χ1v) is 11.6. The Morgan fingerprint density at radius 2 is 1.64 bits per heavy atom. The molecule has 1 aromatic heterocycles. The molecule has 0 fully saturated rings. The molecule has 1 atom stereocenters. The van der Waals surface area contributed by atoms with Crippen molar-refractivity contribution in [1.29, 1.82) is 0 Å². The molecule has 0 spiro atoms. The molecule has 4 aromatic rings. The van der Waals surface area contributed by atoms with Gasteiger partial charge >= 0.3 is 5.97 Å². The van der Waals surface area contributed by atoms with Crippen molar-refractivity contribution in [3.63, 3.8) is 0 Å². The number of nitrogens with one attached hydrogen (secondary N) is 2. The van der Waals surface area contributed by atoms with Gasteiger partial charge in [-0.05, 0) is 59.0 Å². The topological polar surface area (TPSA) is 91.3 Å². The van der Waals surface area contributed by atoms with E-state index in [0.717, 1.165) is 16.0 Å². The maximum atomic E-state index is 14.8. The number of nitrogens with zero attached hydrogens (tertiary/aromatic N) is 1. The molecular weight excluding hydrogens is 484 g/mol. The second-order valence-corrected chi connectivity index (χ2v) is 10.2. The minimum absolute atomic E-state index is 0. The maximum absolute atomic E-state index is 14.8. The smallest absolute Gasteiger partial charge is 0.326 e. The van der Waals surface area contributed by atoms with Gasteiger partial charge in [0.25, 0.3) is 5.91 Å². The number of rotatable bonds is 6. The molecule has 188 valence electrons. The summed E-state index contributed by atoms with van der Waals surface area (Å²) in [6.07, 6.45) is 0. The summed E-state index contributed by atoms with van der Waals surface area (Å²) in [7, 11) is 0. The maximum Gasteiger partial charge on any atom is 0.326 e. The van der Waals surface area contributed by atoms with E-state index in [2.05, 4.69) is 15.6 Å². The van der Waals surface area contributed by atoms with Gasteiger partial charge in [0.1, 0.15) is 17.7 Å². The van der Waals surface area contributed by atoms with Gasteiger partial charge in [-0.15, -0.1) is 0 Å². The molecule has 6 nitrogen and oxygen atoms in total. The molecule has 0 bridgehead atoms. The van der Waals surface area contributed by atoms with Gasteiger partial charge < -0.3 is 15.7 Å². The van der Waals surface area contributed by atoms with Gasteiger partial charge in [-0.25, -0.2) is 18.6 Å². The highest BCUT2D eigenvalue weighted by Crippen LogP contribution is 2.30. The predicted octanol–water partition coefficient (Wildman–Crippen LogP) is 6.85. The molecular formula is C27H27F2N3O3S. The minimum atomic E-state index is -1.19. The SMILES string of the molecule is C.CC(C)(C)[C@H](NC(=O)c1ccc(-c2ccc(Nc3nc4ccc(F)cc4s3)cc2)cc1F)C(=O)O. The Balaban J connectivity index is 0.00000361. The van der Waals surface area contributed by atoms with Crippen LogP contribution >= 0.6 is 11.3 Å². The molecule has 3 aromatic carbocycles. The summed E-state index contributed by atoms with van der Waals surface area (Å²) in [6.45, 7) is 5.04. The number of fused-ring (bicyclic) bond motifs is 1. The summed E-state index contributed by atoms with van der Waals surface area (Å²) in [5.74, 6) is -3.04. The van der Waals surface area contributed by atoms with Crippen molar-refractivity contribution < 1.29 is 23.5 Å². The third-order valence-corrected chi connectivity index (χ3v) is 6.36. The monoisotopic (exact) mass is 511 g/mol. The van der Waals surface area contributed by atoms with E-state index in [1.54, 1.807) is 57.2 Å². The number of carbonyl (C=O) groups is 2. The molecule has 9 heteroatoms. The van der Waals surface area contributed by atoms with Crippen molar-refractivity contribution in [3.8, 4) is 11.1 Å². The third-order valence-electron chi connectivity index (χ3n) is 5.42. The Bertz CT molecular complexity index is 1410. The van der Waals surface area contributed by atoms with Gasteiger partial charge in [0.15, 0.2) is 5.13 Å². The standard InChI is InChI=1S/C26H23F2N3O3S.CH4/c1-26(2,3)22(24(33)34)31-23(32)18-10-6-15(12-19(18)28)14-4-8-17(9-5-14)29-25-30-20-11-7-16(27)13-21(20)35-25;/h4-13,22H,1-3H3,(H,29,30)(H,31,32)(H,33,34);1H4/t22-;/m1./s1. The van der Waals surface area contributed by atoms with Crippen LogP contribution in [-0.2, 0) is 4.79 Å². The first kappa shape index (κ1) is 26.7. The average Bonchev–Trinajstić information content (AvgIpc) is 3.18. The number of carboxylic acid groups (broad SMARTS) is 1. The summed E-state index contributed by atoms with van der Waals surface area (Å²) in [6, 6.07) is 14.7. The zero-order chi connectivity index (χ0) is 25.3. The predicted molar refractivity (Wildman–Crippen MR) is 140 cm³/mol. The molecule has 0 saturated carbocycles. The van der Waals surface area contributed by atoms with Crippen LogP contribution < -0.4 is 10.6 Å². The lowest BCUT2D eigenvalue weighted by molar-refractivity contribution is -0.142. The van der Waals surface area contributed by atoms with Gasteiger partial charge in [0.05, 0.1) is 15.8 Å². The number of halogens is 2. The number of carbonyl (C=O) groups excluding carboxylic acids is 1. The number of aromatic nitrogens is 1. The van der Waals surface area contributed by atoms with E-state index in [0.29, 0.717) is 16.2 Å². The lowest BCUT2D eigenvalue weighted by atomic mass is 9.86. The summed E-state index contributed by atoms with van der Waals surface area (Å²) in [5, 5.41) is 15.6. The minimum Gasteiger partial charge on any atom is -0.480 e. The van der Waals surface area contributed by atoms with Crippen LogP contribution in [0.5, 0.6) is 0 Å². The Morgan fingerprint density at radius 1 is 0.972 bits per heavy atom. The summed E-state index contributed by atoms with van der Waals surface area (Å²) in [4.78, 5) is 28.5. The second kappa shape index (κ2) is 10.4. The fraction of sp³-hybridized carbons (Fsp3) is 0.222. The van der Waals surface area contributed by atoms with Crippen molar-refractivity contribution in [1.82, 2.24) is 10.3 Å². The number of amides is 1. The van der Waals surface area contributed by atoms with Crippen molar-refractivity contribution in [2.45, 2.75) is 34.2 Å². The van der Waals surface area contributed by atoms with E-state index in [4.69, 9.17) is 0 Å². The highest BCUT2D eigenvalue weighted by molar-refractivity contribution is 7.22. The third kappa shape index (κ3) is 5.85. The van der Waals surface area contributed by atoms with Crippen LogP contribution in [0, 0.1) is 17.0 Å². The highest BCUT2D eigenvalue weighted by Gasteiger charge is 2.33. The van der Waals surface area contributed by atoms with E-state index < -0.39 is 29.2 Å². The Labute approximate surface area is 212 Å². The number of hydrogen-bond acceptors (Lipinski definition) is 5. The number of anilines is 2. The van der Waals surface area contributed by atoms with Gasteiger partial charge in [0, 0.05) is 5.69 Å². The van der Waals surface area contributed by atoms with Crippen LogP contribution in [0.25, 0.3) is 21.3 Å². The lowest BCUT2D eigenvalue weighted by Gasteiger charge is -2.27. The van der Waals surface area contributed by atoms with Crippen LogP contribution in [0.1, 0.15) is 38.6 Å². The first-order valence-electron chi connectivity index (χ1n) is 10.8. The number of benzene rings is 3. The average molecular weight is 512 g/mol. The number of hydrogen-bond donors (Lipinski definition) is 3. The molecule has 0 aliphatic heterocycles. The van der Waals surface area contributed by atoms with Crippen molar-refractivity contribution >= 4 is 44.2 Å². The zero-order valence-electron chi connectivity index (χ0n) is 19.2. The summed E-state index contributed by atoms with van der Waals surface area (Å²) in [5.41, 5.74) is 1.78. The Morgan fingerprint density at radius 3 is 2.25 bits per heavy atom. The first-order chi connectivity index (χ1) is 16.5. The van der Waals surface area contributed by atoms with E-state index >= 15 is 0 Å². The number of aliphatic carboxylic acids is 1. The van der Waals surface area contributed by atoms with E-state index in [1.165, 1.54) is 35.6 Å². The summed E-state index contributed by atoms with van der Waals surface area (Å²) < 4.78 is 28.9. The molecule has 3 N–H and O–H groups in total. The Hall–Kier alpha value is -3.85. The normalized spacial score (nSPS) is 12.0. The van der Waals surface area contributed by atoms with Crippen LogP contribution in [-0.4, -0.2) is 28.0 Å². The van der Waals surface area contributed by atoms with E-state index in [1.807, 2.05) is 0 Å². The largest absolute Gasteiger partial charge is 0.480 e. The van der Waals surface area contributed by atoms with Crippen molar-refractivity contribution in [2.75, 3.05) is 5.32 Å². The van der Waals surface area contributed by atoms with Crippen molar-refractivity contribution in [2.24, 2.45) is 5.41 Å². The van der Waals surface area contributed by atoms with Crippen molar-refractivity contribution in [3.05, 3.63) is 77.9 Å². The molecule has 0 aliphatic carbocycles. The molecule has 1 heterocycles. The molecule has 0 aliphatic rings. The molecule has 1 amide bonds. The Kier molecular flexibility index (Phi) is 7.74. The molecule has 4 rings (SSSR count). The van der Waals surface area contributed by atoms with Gasteiger partial charge in [0.2, 0.25) is 0 Å². The fourth-order valence-corrected chi connectivity index (χ4v) is 4.47. The molecule has 0 radical (unpaired) electrons. The fourth-order valence-electron chi connectivity index (χ4n) is 3.56. The van der Waals surface area contributed by atoms with Crippen LogP contribution in [0.2, 0.25) is 0 Å². The van der Waals surface area contributed by atoms with Gasteiger partial charge in [-0.2, -0.15) is 0 Å². The van der Waals surface area contributed by atoms with Gasteiger partial charge in [-0.3, -0.25) is 4.79 Å². The second-order valence-electron chi connectivity index (χ2n) is 9.14.